The highest BCUT2D eigenvalue weighted by atomic mass is 16.1. The maximum absolute atomic E-state index is 11.7. The number of anilines is 1. The predicted molar refractivity (Wildman–Crippen MR) is 62.7 cm³/mol. The topological polar surface area (TPSA) is 55.1 Å². The van der Waals surface area contributed by atoms with Gasteiger partial charge in [-0.05, 0) is 25.5 Å². The Morgan fingerprint density at radius 1 is 1.53 bits per heavy atom. The minimum absolute atomic E-state index is 0.154. The van der Waals surface area contributed by atoms with Gasteiger partial charge < -0.3 is 11.1 Å². The number of nitrogens with two attached hydrogens (primary N) is 1. The van der Waals surface area contributed by atoms with Crippen LogP contribution in [0.3, 0.4) is 0 Å². The van der Waals surface area contributed by atoms with Gasteiger partial charge in [0.1, 0.15) is 0 Å². The van der Waals surface area contributed by atoms with Crippen molar-refractivity contribution in [2.75, 3.05) is 12.3 Å². The predicted octanol–water partition coefficient (Wildman–Crippen LogP) is 1.88. The molecule has 0 radical (unpaired) electrons. The molecule has 0 saturated heterocycles. The van der Waals surface area contributed by atoms with Crippen molar-refractivity contribution >= 4 is 11.6 Å². The summed E-state index contributed by atoms with van der Waals surface area (Å²) < 4.78 is 0. The lowest BCUT2D eigenvalue weighted by molar-refractivity contribution is 0.0958. The fraction of sp³-hybridized carbons (Fsp3) is 0.250. The number of amides is 1. The molecule has 1 aromatic rings. The van der Waals surface area contributed by atoms with E-state index in [2.05, 4.69) is 11.9 Å². The van der Waals surface area contributed by atoms with Crippen LogP contribution in [0.15, 0.2) is 30.4 Å². The molecule has 1 aromatic carbocycles. The number of hydrogen-bond donors (Lipinski definition) is 2. The standard InChI is InChI=1S/C12H16N2O/c1-8(2)7-14-12(15)10-6-4-5-9(3)11(10)13/h4-6H,1,7,13H2,2-3H3,(H,14,15). The molecule has 0 spiro atoms. The third kappa shape index (κ3) is 2.84. The summed E-state index contributed by atoms with van der Waals surface area (Å²) in [6.45, 7) is 7.93. The van der Waals surface area contributed by atoms with E-state index >= 15 is 0 Å². The Kier molecular flexibility index (Phi) is 3.50. The van der Waals surface area contributed by atoms with Crippen LogP contribution in [0, 0.1) is 6.92 Å². The molecule has 1 rings (SSSR count). The molecule has 15 heavy (non-hydrogen) atoms. The molecule has 0 aliphatic heterocycles. The Balaban J connectivity index is 2.82. The van der Waals surface area contributed by atoms with Crippen molar-refractivity contribution < 1.29 is 4.79 Å². The van der Waals surface area contributed by atoms with Crippen LogP contribution in [0.2, 0.25) is 0 Å². The summed E-state index contributed by atoms with van der Waals surface area (Å²) in [5, 5.41) is 2.75. The first-order chi connectivity index (χ1) is 7.02. The molecule has 80 valence electrons. The normalized spacial score (nSPS) is 9.73. The lowest BCUT2D eigenvalue weighted by Gasteiger charge is -2.08. The van der Waals surface area contributed by atoms with E-state index in [4.69, 9.17) is 5.73 Å². The lowest BCUT2D eigenvalue weighted by Crippen LogP contribution is -2.25. The number of carbonyl (C=O) groups is 1. The van der Waals surface area contributed by atoms with Gasteiger partial charge in [0.2, 0.25) is 0 Å². The average molecular weight is 204 g/mol. The number of nitrogens with one attached hydrogen (secondary N) is 1. The molecule has 3 N–H and O–H groups in total. The molecule has 0 aliphatic rings. The van der Waals surface area contributed by atoms with E-state index in [1.807, 2.05) is 26.0 Å². The molecule has 3 heteroatoms. The van der Waals surface area contributed by atoms with Gasteiger partial charge in [-0.1, -0.05) is 24.3 Å². The Morgan fingerprint density at radius 3 is 2.80 bits per heavy atom. The van der Waals surface area contributed by atoms with Crippen LogP contribution in [0.4, 0.5) is 5.69 Å². The molecule has 0 heterocycles. The maximum atomic E-state index is 11.7. The molecule has 0 fully saturated rings. The second-order valence-electron chi connectivity index (χ2n) is 3.68. The highest BCUT2D eigenvalue weighted by Gasteiger charge is 2.09. The molecule has 0 atom stereocenters. The summed E-state index contributed by atoms with van der Waals surface area (Å²) in [5.41, 5.74) is 8.70. The van der Waals surface area contributed by atoms with E-state index < -0.39 is 0 Å². The van der Waals surface area contributed by atoms with Crippen LogP contribution < -0.4 is 11.1 Å². The van der Waals surface area contributed by atoms with Crippen molar-refractivity contribution in [1.29, 1.82) is 0 Å². The van der Waals surface area contributed by atoms with Crippen LogP contribution in [0.1, 0.15) is 22.8 Å². The van der Waals surface area contributed by atoms with Gasteiger partial charge in [-0.15, -0.1) is 0 Å². The second kappa shape index (κ2) is 4.64. The van der Waals surface area contributed by atoms with Crippen molar-refractivity contribution in [1.82, 2.24) is 5.32 Å². The minimum atomic E-state index is -0.154. The first-order valence-corrected chi connectivity index (χ1v) is 4.80. The monoisotopic (exact) mass is 204 g/mol. The fourth-order valence-corrected chi connectivity index (χ4v) is 1.21. The number of carbonyl (C=O) groups excluding carboxylic acids is 1. The highest BCUT2D eigenvalue weighted by Crippen LogP contribution is 2.15. The summed E-state index contributed by atoms with van der Waals surface area (Å²) in [5.74, 6) is -0.154. The van der Waals surface area contributed by atoms with Gasteiger partial charge in [0, 0.05) is 12.2 Å². The molecular weight excluding hydrogens is 188 g/mol. The summed E-state index contributed by atoms with van der Waals surface area (Å²) in [6.07, 6.45) is 0. The molecule has 0 aromatic heterocycles. The number of benzene rings is 1. The Bertz CT molecular complexity index is 397. The van der Waals surface area contributed by atoms with E-state index in [9.17, 15) is 4.79 Å². The SMILES string of the molecule is C=C(C)CNC(=O)c1cccc(C)c1N. The van der Waals surface area contributed by atoms with Gasteiger partial charge in [-0.2, -0.15) is 0 Å². The van der Waals surface area contributed by atoms with E-state index in [0.717, 1.165) is 11.1 Å². The van der Waals surface area contributed by atoms with Crippen molar-refractivity contribution in [2.45, 2.75) is 13.8 Å². The van der Waals surface area contributed by atoms with Crippen LogP contribution >= 0.6 is 0 Å². The van der Waals surface area contributed by atoms with Crippen molar-refractivity contribution in [3.05, 3.63) is 41.5 Å². The fourth-order valence-electron chi connectivity index (χ4n) is 1.21. The van der Waals surface area contributed by atoms with E-state index in [-0.39, 0.29) is 5.91 Å². The minimum Gasteiger partial charge on any atom is -0.398 e. The quantitative estimate of drug-likeness (QED) is 0.583. The molecule has 0 saturated carbocycles. The lowest BCUT2D eigenvalue weighted by atomic mass is 10.1. The first-order valence-electron chi connectivity index (χ1n) is 4.80. The van der Waals surface area contributed by atoms with Crippen molar-refractivity contribution in [3.63, 3.8) is 0 Å². The molecular formula is C12H16N2O. The third-order valence-corrected chi connectivity index (χ3v) is 2.12. The molecule has 0 aliphatic carbocycles. The van der Waals surface area contributed by atoms with Crippen LogP contribution in [-0.4, -0.2) is 12.5 Å². The number of nitrogen functional groups attached to an aromatic ring is 1. The largest absolute Gasteiger partial charge is 0.398 e. The molecule has 3 nitrogen and oxygen atoms in total. The van der Waals surface area contributed by atoms with E-state index in [1.165, 1.54) is 0 Å². The van der Waals surface area contributed by atoms with Gasteiger partial charge in [-0.3, -0.25) is 4.79 Å². The average Bonchev–Trinajstić information content (AvgIpc) is 2.18. The summed E-state index contributed by atoms with van der Waals surface area (Å²) in [6, 6.07) is 5.42. The summed E-state index contributed by atoms with van der Waals surface area (Å²) >= 11 is 0. The zero-order valence-corrected chi connectivity index (χ0v) is 9.13. The van der Waals surface area contributed by atoms with Crippen molar-refractivity contribution in [2.24, 2.45) is 0 Å². The van der Waals surface area contributed by atoms with Gasteiger partial charge in [0.05, 0.1) is 5.56 Å². The third-order valence-electron chi connectivity index (χ3n) is 2.12. The number of para-hydroxylation sites is 1. The molecule has 1 amide bonds. The number of aryl methyl sites for hydroxylation is 1. The molecule has 0 unspecified atom stereocenters. The Labute approximate surface area is 90.0 Å². The Morgan fingerprint density at radius 2 is 2.20 bits per heavy atom. The van der Waals surface area contributed by atoms with Gasteiger partial charge in [0.15, 0.2) is 0 Å². The van der Waals surface area contributed by atoms with Gasteiger partial charge in [-0.25, -0.2) is 0 Å². The van der Waals surface area contributed by atoms with Gasteiger partial charge in [0.25, 0.3) is 5.91 Å². The molecule has 0 bridgehead atoms. The number of rotatable bonds is 3. The maximum Gasteiger partial charge on any atom is 0.253 e. The Hall–Kier alpha value is -1.77. The zero-order chi connectivity index (χ0) is 11.4. The zero-order valence-electron chi connectivity index (χ0n) is 9.13. The van der Waals surface area contributed by atoms with Gasteiger partial charge >= 0.3 is 0 Å². The van der Waals surface area contributed by atoms with Crippen LogP contribution in [-0.2, 0) is 0 Å². The van der Waals surface area contributed by atoms with Crippen LogP contribution in [0.25, 0.3) is 0 Å². The number of hydrogen-bond acceptors (Lipinski definition) is 2. The van der Waals surface area contributed by atoms with Crippen molar-refractivity contribution in [3.8, 4) is 0 Å². The smallest absolute Gasteiger partial charge is 0.253 e. The highest BCUT2D eigenvalue weighted by molar-refractivity contribution is 5.99. The summed E-state index contributed by atoms with van der Waals surface area (Å²) in [7, 11) is 0. The first kappa shape index (κ1) is 11.3. The van der Waals surface area contributed by atoms with E-state index in [0.29, 0.717) is 17.8 Å². The second-order valence-corrected chi connectivity index (χ2v) is 3.68. The van der Waals surface area contributed by atoms with Crippen LogP contribution in [0.5, 0.6) is 0 Å². The summed E-state index contributed by atoms with van der Waals surface area (Å²) in [4.78, 5) is 11.7. The van der Waals surface area contributed by atoms with E-state index in [1.54, 1.807) is 6.07 Å².